The Hall–Kier alpha value is -2.83. The molecule has 0 bridgehead atoms. The molecule has 1 heterocycles. The third-order valence-corrected chi connectivity index (χ3v) is 3.31. The molecule has 1 fully saturated rings. The molecule has 1 aliphatic rings. The minimum atomic E-state index is -1.26. The fourth-order valence-corrected chi connectivity index (χ4v) is 1.99. The Balaban J connectivity index is 2.03. The van der Waals surface area contributed by atoms with Gasteiger partial charge in [-0.05, 0) is 17.7 Å². The molecule has 0 unspecified atom stereocenters. The Bertz CT molecular complexity index is 667. The SMILES string of the molecule is CN(C)C(=O)Cc1ccc(NC=C2C(=O)OC(C)(C)OC2=O)cc1. The zero-order valence-corrected chi connectivity index (χ0v) is 14.1. The molecule has 1 amide bonds. The molecule has 0 spiro atoms. The topological polar surface area (TPSA) is 84.9 Å². The molecule has 7 nitrogen and oxygen atoms in total. The predicted molar refractivity (Wildman–Crippen MR) is 86.8 cm³/mol. The van der Waals surface area contributed by atoms with Gasteiger partial charge in [-0.1, -0.05) is 12.1 Å². The zero-order valence-electron chi connectivity index (χ0n) is 14.1. The summed E-state index contributed by atoms with van der Waals surface area (Å²) in [7, 11) is 3.40. The van der Waals surface area contributed by atoms with Gasteiger partial charge < -0.3 is 19.7 Å². The predicted octanol–water partition coefficient (Wildman–Crippen LogP) is 1.45. The van der Waals surface area contributed by atoms with Crippen molar-refractivity contribution in [3.05, 3.63) is 41.6 Å². The lowest BCUT2D eigenvalue weighted by Crippen LogP contribution is -2.42. The average Bonchev–Trinajstić information content (AvgIpc) is 2.46. The van der Waals surface area contributed by atoms with Crippen molar-refractivity contribution in [2.24, 2.45) is 0 Å². The van der Waals surface area contributed by atoms with Crippen LogP contribution in [0.5, 0.6) is 0 Å². The summed E-state index contributed by atoms with van der Waals surface area (Å²) in [5.41, 5.74) is 1.32. The number of rotatable bonds is 4. The first kappa shape index (κ1) is 17.5. The molecule has 128 valence electrons. The van der Waals surface area contributed by atoms with Crippen LogP contribution in [0.4, 0.5) is 5.69 Å². The molecule has 0 atom stereocenters. The highest BCUT2D eigenvalue weighted by atomic mass is 16.7. The first-order chi connectivity index (χ1) is 11.2. The summed E-state index contributed by atoms with van der Waals surface area (Å²) in [5, 5.41) is 2.85. The van der Waals surface area contributed by atoms with Crippen molar-refractivity contribution < 1.29 is 23.9 Å². The number of anilines is 1. The number of ether oxygens (including phenoxy) is 2. The number of amides is 1. The van der Waals surface area contributed by atoms with E-state index in [2.05, 4.69) is 5.32 Å². The second-order valence-corrected chi connectivity index (χ2v) is 6.04. The van der Waals surface area contributed by atoms with Gasteiger partial charge in [-0.15, -0.1) is 0 Å². The van der Waals surface area contributed by atoms with Crippen LogP contribution in [0.1, 0.15) is 19.4 Å². The number of esters is 2. The van der Waals surface area contributed by atoms with Crippen molar-refractivity contribution >= 4 is 23.5 Å². The molecule has 1 saturated heterocycles. The largest absolute Gasteiger partial charge is 0.419 e. The third kappa shape index (κ3) is 4.34. The van der Waals surface area contributed by atoms with Crippen LogP contribution in [0.25, 0.3) is 0 Å². The van der Waals surface area contributed by atoms with E-state index in [1.807, 2.05) is 0 Å². The van der Waals surface area contributed by atoms with Crippen LogP contribution in [-0.4, -0.2) is 42.6 Å². The number of nitrogens with one attached hydrogen (secondary N) is 1. The lowest BCUT2D eigenvalue weighted by molar-refractivity contribution is -0.222. The summed E-state index contributed by atoms with van der Waals surface area (Å²) in [6.45, 7) is 2.97. The Morgan fingerprint density at radius 1 is 1.12 bits per heavy atom. The smallest absolute Gasteiger partial charge is 0.350 e. The van der Waals surface area contributed by atoms with E-state index < -0.39 is 17.7 Å². The molecule has 1 aromatic carbocycles. The minimum absolute atomic E-state index is 0.00754. The van der Waals surface area contributed by atoms with Gasteiger partial charge in [0.05, 0.1) is 6.42 Å². The normalized spacial score (nSPS) is 16.1. The summed E-state index contributed by atoms with van der Waals surface area (Å²) in [4.78, 5) is 36.8. The Morgan fingerprint density at radius 3 is 2.17 bits per heavy atom. The molecule has 0 aromatic heterocycles. The monoisotopic (exact) mass is 332 g/mol. The Labute approximate surface area is 140 Å². The lowest BCUT2D eigenvalue weighted by Gasteiger charge is -2.29. The first-order valence-corrected chi connectivity index (χ1v) is 7.40. The van der Waals surface area contributed by atoms with Crippen LogP contribution in [0, 0.1) is 0 Å². The van der Waals surface area contributed by atoms with Crippen molar-refractivity contribution in [2.75, 3.05) is 19.4 Å². The molecule has 1 aliphatic heterocycles. The van der Waals surface area contributed by atoms with E-state index in [-0.39, 0.29) is 11.5 Å². The number of benzene rings is 1. The maximum absolute atomic E-state index is 11.8. The fourth-order valence-electron chi connectivity index (χ4n) is 1.99. The van der Waals surface area contributed by atoms with Gasteiger partial charge in [-0.25, -0.2) is 9.59 Å². The number of cyclic esters (lactones) is 2. The first-order valence-electron chi connectivity index (χ1n) is 7.40. The van der Waals surface area contributed by atoms with Crippen LogP contribution in [0.15, 0.2) is 36.0 Å². The van der Waals surface area contributed by atoms with E-state index in [9.17, 15) is 14.4 Å². The van der Waals surface area contributed by atoms with E-state index in [4.69, 9.17) is 9.47 Å². The van der Waals surface area contributed by atoms with Crippen molar-refractivity contribution in [3.8, 4) is 0 Å². The summed E-state index contributed by atoms with van der Waals surface area (Å²) < 4.78 is 10.00. The van der Waals surface area contributed by atoms with Gasteiger partial charge >= 0.3 is 11.9 Å². The maximum atomic E-state index is 11.8. The van der Waals surface area contributed by atoms with Crippen LogP contribution >= 0.6 is 0 Å². The number of nitrogens with zero attached hydrogens (tertiary/aromatic N) is 1. The molecular weight excluding hydrogens is 312 g/mol. The summed E-state index contributed by atoms with van der Waals surface area (Å²) in [6, 6.07) is 7.09. The van der Waals surface area contributed by atoms with Crippen LogP contribution in [-0.2, 0) is 30.3 Å². The van der Waals surface area contributed by atoms with Gasteiger partial charge in [-0.2, -0.15) is 0 Å². The lowest BCUT2D eigenvalue weighted by atomic mass is 10.1. The Kier molecular flexibility index (Phi) is 4.92. The number of hydrogen-bond acceptors (Lipinski definition) is 6. The quantitative estimate of drug-likeness (QED) is 0.510. The van der Waals surface area contributed by atoms with Crippen molar-refractivity contribution in [2.45, 2.75) is 26.1 Å². The molecular formula is C17H20N2O5. The van der Waals surface area contributed by atoms with Crippen LogP contribution in [0.3, 0.4) is 0 Å². The van der Waals surface area contributed by atoms with Crippen LogP contribution < -0.4 is 5.32 Å². The van der Waals surface area contributed by atoms with E-state index in [0.29, 0.717) is 12.1 Å². The standard InChI is InChI=1S/C17H20N2O5/c1-17(2)23-15(21)13(16(22)24-17)10-18-12-7-5-11(6-8-12)9-14(20)19(3)4/h5-8,10,18H,9H2,1-4H3. The molecule has 0 saturated carbocycles. The van der Waals surface area contributed by atoms with Gasteiger partial charge in [0.25, 0.3) is 5.79 Å². The van der Waals surface area contributed by atoms with E-state index in [1.54, 1.807) is 38.4 Å². The third-order valence-electron chi connectivity index (χ3n) is 3.31. The van der Waals surface area contributed by atoms with E-state index >= 15 is 0 Å². The maximum Gasteiger partial charge on any atom is 0.350 e. The van der Waals surface area contributed by atoms with Gasteiger partial charge in [0.2, 0.25) is 5.91 Å². The highest BCUT2D eigenvalue weighted by Crippen LogP contribution is 2.22. The highest BCUT2D eigenvalue weighted by molar-refractivity contribution is 6.15. The molecule has 0 aliphatic carbocycles. The Morgan fingerprint density at radius 2 is 1.67 bits per heavy atom. The van der Waals surface area contributed by atoms with Gasteiger partial charge in [-0.3, -0.25) is 4.79 Å². The van der Waals surface area contributed by atoms with Crippen molar-refractivity contribution in [1.82, 2.24) is 4.90 Å². The highest BCUT2D eigenvalue weighted by Gasteiger charge is 2.38. The zero-order chi connectivity index (χ0) is 17.9. The number of hydrogen-bond donors (Lipinski definition) is 1. The summed E-state index contributed by atoms with van der Waals surface area (Å²) in [6.07, 6.45) is 1.56. The average molecular weight is 332 g/mol. The fraction of sp³-hybridized carbons (Fsp3) is 0.353. The van der Waals surface area contributed by atoms with Gasteiger partial charge in [0.15, 0.2) is 5.57 Å². The molecule has 0 radical (unpaired) electrons. The van der Waals surface area contributed by atoms with E-state index in [1.165, 1.54) is 24.9 Å². The van der Waals surface area contributed by atoms with E-state index in [0.717, 1.165) is 5.56 Å². The van der Waals surface area contributed by atoms with Gasteiger partial charge in [0, 0.05) is 39.8 Å². The molecule has 24 heavy (non-hydrogen) atoms. The molecule has 2 rings (SSSR count). The minimum Gasteiger partial charge on any atom is -0.419 e. The second kappa shape index (κ2) is 6.74. The summed E-state index contributed by atoms with van der Waals surface area (Å²) >= 11 is 0. The number of carbonyl (C=O) groups excluding carboxylic acids is 3. The number of carbonyl (C=O) groups is 3. The van der Waals surface area contributed by atoms with Crippen LogP contribution in [0.2, 0.25) is 0 Å². The van der Waals surface area contributed by atoms with Crippen molar-refractivity contribution in [1.29, 1.82) is 0 Å². The van der Waals surface area contributed by atoms with Crippen molar-refractivity contribution in [3.63, 3.8) is 0 Å². The molecule has 1 N–H and O–H groups in total. The summed E-state index contributed by atoms with van der Waals surface area (Å²) in [5.74, 6) is -2.73. The molecule has 7 heteroatoms. The number of likely N-dealkylation sites (N-methyl/N-ethyl adjacent to an activating group) is 1. The van der Waals surface area contributed by atoms with Gasteiger partial charge in [0.1, 0.15) is 0 Å². The second-order valence-electron chi connectivity index (χ2n) is 6.04. The molecule has 1 aromatic rings.